The van der Waals surface area contributed by atoms with Gasteiger partial charge in [-0.2, -0.15) is 5.10 Å². The van der Waals surface area contributed by atoms with Gasteiger partial charge in [0.05, 0.1) is 17.0 Å². The van der Waals surface area contributed by atoms with Gasteiger partial charge in [-0.25, -0.2) is 15.0 Å². The first-order valence-corrected chi connectivity index (χ1v) is 13.6. The molecule has 3 aromatic heterocycles. The number of hydrogen-bond donors (Lipinski definition) is 2. The van der Waals surface area contributed by atoms with Crippen molar-refractivity contribution in [2.45, 2.75) is 38.6 Å². The number of hydrogen-bond acceptors (Lipinski definition) is 7. The van der Waals surface area contributed by atoms with Crippen LogP contribution >= 0.6 is 0 Å². The molecule has 0 aliphatic carbocycles. The molecule has 39 heavy (non-hydrogen) atoms. The van der Waals surface area contributed by atoms with Crippen molar-refractivity contribution in [3.63, 3.8) is 0 Å². The molecule has 4 heterocycles. The van der Waals surface area contributed by atoms with Crippen molar-refractivity contribution < 1.29 is 4.74 Å². The van der Waals surface area contributed by atoms with E-state index in [2.05, 4.69) is 69.0 Å². The van der Waals surface area contributed by atoms with E-state index in [1.165, 1.54) is 10.9 Å². The Morgan fingerprint density at radius 2 is 1.95 bits per heavy atom. The maximum Gasteiger partial charge on any atom is 0.228 e. The van der Waals surface area contributed by atoms with Gasteiger partial charge in [-0.15, -0.1) is 0 Å². The Hall–Kier alpha value is -4.30. The Morgan fingerprint density at radius 1 is 1.00 bits per heavy atom. The van der Waals surface area contributed by atoms with E-state index >= 15 is 0 Å². The second kappa shape index (κ2) is 11.2. The third-order valence-electron chi connectivity index (χ3n) is 7.25. The first-order valence-electron chi connectivity index (χ1n) is 13.6. The van der Waals surface area contributed by atoms with E-state index in [-0.39, 0.29) is 0 Å². The number of nitrogens with zero attached hydrogens (tertiary/aromatic N) is 5. The average molecular weight is 520 g/mol. The van der Waals surface area contributed by atoms with E-state index < -0.39 is 0 Å². The molecule has 198 valence electrons. The van der Waals surface area contributed by atoms with Crippen LogP contribution < -0.4 is 15.4 Å². The molecule has 8 heteroatoms. The highest BCUT2D eigenvalue weighted by molar-refractivity contribution is 5.92. The molecule has 8 nitrogen and oxygen atoms in total. The van der Waals surface area contributed by atoms with Crippen molar-refractivity contribution in [2.75, 3.05) is 18.4 Å². The standard InChI is InChI=1S/C31H33N7O/c1-21-10-13-25-22(11-12-23-15-19-38(2)37-23)6-3-8-26(25)29(21)39-30-27(9-5-17-33-30)28-14-18-34-31(36-28)35-24-7-4-16-32-20-24/h3,5-6,8-10,13-15,17-19,24,32H,4,7,11-12,16,20H2,1-2H3,(H,34,35,36)/t24-/m0/s1. The molecule has 2 aromatic carbocycles. The minimum Gasteiger partial charge on any atom is -0.437 e. The molecular formula is C31H33N7O. The number of ether oxygens (including phenoxy) is 1. The lowest BCUT2D eigenvalue weighted by molar-refractivity contribution is 0.466. The molecule has 0 spiro atoms. The van der Waals surface area contributed by atoms with Gasteiger partial charge in [-0.05, 0) is 79.9 Å². The zero-order valence-corrected chi connectivity index (χ0v) is 22.4. The topological polar surface area (TPSA) is 89.8 Å². The van der Waals surface area contributed by atoms with Crippen molar-refractivity contribution in [3.8, 4) is 22.9 Å². The Labute approximate surface area is 228 Å². The second-order valence-corrected chi connectivity index (χ2v) is 10.1. The molecule has 1 atom stereocenters. The smallest absolute Gasteiger partial charge is 0.228 e. The molecule has 0 bridgehead atoms. The Morgan fingerprint density at radius 3 is 2.79 bits per heavy atom. The summed E-state index contributed by atoms with van der Waals surface area (Å²) in [6, 6.07) is 18.9. The zero-order chi connectivity index (χ0) is 26.6. The van der Waals surface area contributed by atoms with Crippen molar-refractivity contribution in [3.05, 3.63) is 90.0 Å². The number of anilines is 1. The van der Waals surface area contributed by atoms with E-state index in [0.717, 1.165) is 72.4 Å². The van der Waals surface area contributed by atoms with Crippen LogP contribution in [0.5, 0.6) is 11.6 Å². The molecule has 0 unspecified atom stereocenters. The normalized spacial score (nSPS) is 15.4. The third-order valence-corrected chi connectivity index (χ3v) is 7.25. The van der Waals surface area contributed by atoms with Gasteiger partial charge in [0.1, 0.15) is 5.75 Å². The summed E-state index contributed by atoms with van der Waals surface area (Å²) in [4.78, 5) is 13.9. The van der Waals surface area contributed by atoms with Crippen LogP contribution in [0.15, 0.2) is 73.2 Å². The number of benzene rings is 2. The lowest BCUT2D eigenvalue weighted by Crippen LogP contribution is -2.38. The highest BCUT2D eigenvalue weighted by Gasteiger charge is 2.17. The van der Waals surface area contributed by atoms with Crippen LogP contribution in [0.3, 0.4) is 0 Å². The van der Waals surface area contributed by atoms with Crippen molar-refractivity contribution in [2.24, 2.45) is 7.05 Å². The van der Waals surface area contributed by atoms with Gasteiger partial charge in [0.2, 0.25) is 11.8 Å². The van der Waals surface area contributed by atoms with Gasteiger partial charge in [0.25, 0.3) is 0 Å². The summed E-state index contributed by atoms with van der Waals surface area (Å²) in [6.45, 7) is 4.05. The molecule has 0 radical (unpaired) electrons. The summed E-state index contributed by atoms with van der Waals surface area (Å²) in [5, 5.41) is 13.7. The van der Waals surface area contributed by atoms with Crippen molar-refractivity contribution in [1.29, 1.82) is 0 Å². The maximum absolute atomic E-state index is 6.60. The highest BCUT2D eigenvalue weighted by Crippen LogP contribution is 2.37. The number of aryl methyl sites for hydroxylation is 4. The summed E-state index contributed by atoms with van der Waals surface area (Å²) in [7, 11) is 1.95. The number of fused-ring (bicyclic) bond motifs is 1. The van der Waals surface area contributed by atoms with Gasteiger partial charge in [-0.1, -0.05) is 30.3 Å². The molecule has 0 saturated carbocycles. The number of pyridine rings is 1. The highest BCUT2D eigenvalue weighted by atomic mass is 16.5. The summed E-state index contributed by atoms with van der Waals surface area (Å²) in [5.41, 5.74) is 5.01. The maximum atomic E-state index is 6.60. The van der Waals surface area contributed by atoms with E-state index in [1.54, 1.807) is 12.4 Å². The van der Waals surface area contributed by atoms with Gasteiger partial charge in [0.15, 0.2) is 0 Å². The zero-order valence-electron chi connectivity index (χ0n) is 22.4. The second-order valence-electron chi connectivity index (χ2n) is 10.1. The number of piperidine rings is 1. The molecule has 6 rings (SSSR count). The van der Waals surface area contributed by atoms with Crippen LogP contribution in [-0.2, 0) is 19.9 Å². The van der Waals surface area contributed by atoms with Crippen molar-refractivity contribution >= 4 is 16.7 Å². The number of aromatic nitrogens is 5. The Bertz CT molecular complexity index is 1590. The SMILES string of the molecule is Cc1ccc2c(CCc3ccn(C)n3)cccc2c1Oc1ncccc1-c1ccnc(N[C@H]2CCCNC2)n1. The quantitative estimate of drug-likeness (QED) is 0.281. The summed E-state index contributed by atoms with van der Waals surface area (Å²) in [6.07, 6.45) is 9.57. The fraction of sp³-hybridized carbons (Fsp3) is 0.290. The van der Waals surface area contributed by atoms with Crippen LogP contribution in [0.1, 0.15) is 29.7 Å². The molecule has 1 fully saturated rings. The molecular weight excluding hydrogens is 486 g/mol. The predicted octanol–water partition coefficient (Wildman–Crippen LogP) is 5.48. The lowest BCUT2D eigenvalue weighted by Gasteiger charge is -2.23. The van der Waals surface area contributed by atoms with Gasteiger partial charge in [-0.3, -0.25) is 4.68 Å². The van der Waals surface area contributed by atoms with Crippen molar-refractivity contribution in [1.82, 2.24) is 30.0 Å². The van der Waals surface area contributed by atoms with Gasteiger partial charge < -0.3 is 15.4 Å². The predicted molar refractivity (Wildman–Crippen MR) is 154 cm³/mol. The minimum atomic E-state index is 0.323. The van der Waals surface area contributed by atoms with Crippen LogP contribution in [0.2, 0.25) is 0 Å². The summed E-state index contributed by atoms with van der Waals surface area (Å²) >= 11 is 0. The first kappa shape index (κ1) is 25.0. The van der Waals surface area contributed by atoms with E-state index in [1.807, 2.05) is 36.1 Å². The van der Waals surface area contributed by atoms with Crippen LogP contribution in [0, 0.1) is 6.92 Å². The summed E-state index contributed by atoms with van der Waals surface area (Å²) < 4.78 is 8.45. The monoisotopic (exact) mass is 519 g/mol. The Kier molecular flexibility index (Phi) is 7.19. The molecule has 2 N–H and O–H groups in total. The Balaban J connectivity index is 1.30. The molecule has 1 saturated heterocycles. The van der Waals surface area contributed by atoms with Gasteiger partial charge in [0, 0.05) is 43.6 Å². The van der Waals surface area contributed by atoms with E-state index in [0.29, 0.717) is 17.9 Å². The fourth-order valence-corrected chi connectivity index (χ4v) is 5.22. The number of rotatable bonds is 8. The molecule has 5 aromatic rings. The third kappa shape index (κ3) is 5.61. The number of nitrogens with one attached hydrogen (secondary N) is 2. The van der Waals surface area contributed by atoms with E-state index in [9.17, 15) is 0 Å². The fourth-order valence-electron chi connectivity index (χ4n) is 5.22. The molecule has 1 aliphatic heterocycles. The molecule has 1 aliphatic rings. The average Bonchev–Trinajstić information content (AvgIpc) is 3.39. The van der Waals surface area contributed by atoms with Crippen LogP contribution in [-0.4, -0.2) is 43.9 Å². The first-order chi connectivity index (χ1) is 19.1. The minimum absolute atomic E-state index is 0.323. The summed E-state index contributed by atoms with van der Waals surface area (Å²) in [5.74, 6) is 1.96. The van der Waals surface area contributed by atoms with Crippen LogP contribution in [0.25, 0.3) is 22.0 Å². The van der Waals surface area contributed by atoms with Gasteiger partial charge >= 0.3 is 0 Å². The lowest BCUT2D eigenvalue weighted by atomic mass is 9.98. The largest absolute Gasteiger partial charge is 0.437 e. The van der Waals surface area contributed by atoms with E-state index in [4.69, 9.17) is 9.72 Å². The molecule has 0 amide bonds. The van der Waals surface area contributed by atoms with Crippen LogP contribution in [0.4, 0.5) is 5.95 Å².